The molecule has 166 valence electrons. The van der Waals surface area contributed by atoms with Gasteiger partial charge in [-0.2, -0.15) is 0 Å². The lowest BCUT2D eigenvalue weighted by Gasteiger charge is -2.31. The topological polar surface area (TPSA) is 55.3 Å². The second kappa shape index (κ2) is 8.35. The monoisotopic (exact) mass is 467 g/mol. The highest BCUT2D eigenvalue weighted by Gasteiger charge is 2.36. The summed E-state index contributed by atoms with van der Waals surface area (Å²) in [6.45, 7) is 0.240. The summed E-state index contributed by atoms with van der Waals surface area (Å²) in [5, 5.41) is 0.498. The van der Waals surface area contributed by atoms with Crippen molar-refractivity contribution in [2.45, 2.75) is 12.5 Å². The quantitative estimate of drug-likeness (QED) is 0.311. The molecule has 0 radical (unpaired) electrons. The van der Waals surface area contributed by atoms with Crippen LogP contribution in [0.25, 0.3) is 10.2 Å². The van der Waals surface area contributed by atoms with Crippen LogP contribution in [0.1, 0.15) is 22.7 Å². The van der Waals surface area contributed by atoms with Crippen LogP contribution < -0.4 is 9.64 Å². The largest absolute Gasteiger partial charge is 0.457 e. The number of aromatic nitrogens is 2. The Morgan fingerprint density at radius 3 is 2.35 bits per heavy atom. The van der Waals surface area contributed by atoms with Crippen molar-refractivity contribution in [1.82, 2.24) is 9.97 Å². The SMILES string of the molecule is O=C(C1c2ccccc2Oc2ccccc21)N(Cc1ccccn1)c1nc2ccc(F)cc2s1. The Morgan fingerprint density at radius 1 is 0.941 bits per heavy atom. The first-order valence-electron chi connectivity index (χ1n) is 10.8. The predicted molar refractivity (Wildman–Crippen MR) is 130 cm³/mol. The van der Waals surface area contributed by atoms with E-state index in [-0.39, 0.29) is 18.3 Å². The van der Waals surface area contributed by atoms with Gasteiger partial charge in [0.15, 0.2) is 5.13 Å². The molecule has 3 aromatic carbocycles. The van der Waals surface area contributed by atoms with E-state index in [0.29, 0.717) is 26.8 Å². The summed E-state index contributed by atoms with van der Waals surface area (Å²) < 4.78 is 20.6. The fraction of sp³-hybridized carbons (Fsp3) is 0.0741. The van der Waals surface area contributed by atoms with Gasteiger partial charge in [0.1, 0.15) is 17.3 Å². The highest BCUT2D eigenvalue weighted by atomic mass is 32.1. The van der Waals surface area contributed by atoms with Gasteiger partial charge in [0.2, 0.25) is 5.91 Å². The van der Waals surface area contributed by atoms with Gasteiger partial charge >= 0.3 is 0 Å². The van der Waals surface area contributed by atoms with E-state index in [1.54, 1.807) is 17.2 Å². The van der Waals surface area contributed by atoms with E-state index < -0.39 is 5.92 Å². The Balaban J connectivity index is 1.49. The molecule has 2 aromatic heterocycles. The van der Waals surface area contributed by atoms with Crippen LogP contribution in [0.2, 0.25) is 0 Å². The number of hydrogen-bond acceptors (Lipinski definition) is 5. The van der Waals surface area contributed by atoms with E-state index in [1.807, 2.05) is 66.7 Å². The summed E-state index contributed by atoms with van der Waals surface area (Å²) in [5.41, 5.74) is 2.97. The standard InChI is InChI=1S/C27H18FN3O2S/c28-17-12-13-21-24(15-17)34-27(30-21)31(16-18-7-5-6-14-29-18)26(32)25-19-8-1-3-10-22(19)33-23-11-4-2-9-20(23)25/h1-15,25H,16H2. The van der Waals surface area contributed by atoms with Gasteiger partial charge in [-0.15, -0.1) is 0 Å². The Kier molecular flexibility index (Phi) is 5.04. The minimum absolute atomic E-state index is 0.145. The lowest BCUT2D eigenvalue weighted by Crippen LogP contribution is -2.36. The van der Waals surface area contributed by atoms with Crippen molar-refractivity contribution in [1.29, 1.82) is 0 Å². The number of pyridine rings is 1. The molecule has 1 aliphatic rings. The normalized spacial score (nSPS) is 12.6. The Bertz CT molecular complexity index is 1470. The summed E-state index contributed by atoms with van der Waals surface area (Å²) in [6, 6.07) is 25.2. The summed E-state index contributed by atoms with van der Waals surface area (Å²) in [7, 11) is 0. The second-order valence-electron chi connectivity index (χ2n) is 7.96. The zero-order chi connectivity index (χ0) is 23.1. The fourth-order valence-electron chi connectivity index (χ4n) is 4.23. The molecule has 0 N–H and O–H groups in total. The van der Waals surface area contributed by atoms with Gasteiger partial charge in [-0.3, -0.25) is 14.7 Å². The van der Waals surface area contributed by atoms with E-state index in [2.05, 4.69) is 9.97 Å². The molecule has 1 aliphatic heterocycles. The number of ether oxygens (including phenoxy) is 1. The molecule has 1 amide bonds. The van der Waals surface area contributed by atoms with Crippen LogP contribution in [-0.4, -0.2) is 15.9 Å². The van der Waals surface area contributed by atoms with Crippen molar-refractivity contribution in [2.24, 2.45) is 0 Å². The highest BCUT2D eigenvalue weighted by Crippen LogP contribution is 2.45. The van der Waals surface area contributed by atoms with E-state index >= 15 is 0 Å². The summed E-state index contributed by atoms with van der Waals surface area (Å²) in [4.78, 5) is 25.1. The maximum Gasteiger partial charge on any atom is 0.241 e. The van der Waals surface area contributed by atoms with Crippen molar-refractivity contribution in [3.63, 3.8) is 0 Å². The Hall–Kier alpha value is -4.10. The number of thiazole rings is 1. The second-order valence-corrected chi connectivity index (χ2v) is 8.97. The van der Waals surface area contributed by atoms with Gasteiger partial charge in [-0.05, 0) is 42.5 Å². The lowest BCUT2D eigenvalue weighted by atomic mass is 9.87. The zero-order valence-corrected chi connectivity index (χ0v) is 18.7. The number of benzene rings is 3. The molecule has 0 bridgehead atoms. The third-order valence-electron chi connectivity index (χ3n) is 5.81. The number of nitrogens with zero attached hydrogens (tertiary/aromatic N) is 3. The molecule has 5 aromatic rings. The van der Waals surface area contributed by atoms with Crippen LogP contribution in [0.3, 0.4) is 0 Å². The minimum atomic E-state index is -0.575. The number of anilines is 1. The Labute approximate surface area is 199 Å². The predicted octanol–water partition coefficient (Wildman–Crippen LogP) is 6.30. The number of rotatable bonds is 4. The first-order chi connectivity index (χ1) is 16.7. The van der Waals surface area contributed by atoms with Crippen molar-refractivity contribution >= 4 is 32.6 Å². The van der Waals surface area contributed by atoms with Gasteiger partial charge in [-0.25, -0.2) is 9.37 Å². The molecule has 0 atom stereocenters. The molecule has 0 unspecified atom stereocenters. The third kappa shape index (κ3) is 3.60. The summed E-state index contributed by atoms with van der Waals surface area (Å²) in [6.07, 6.45) is 1.70. The number of amides is 1. The molecule has 0 spiro atoms. The average molecular weight is 468 g/mol. The molecule has 7 heteroatoms. The van der Waals surface area contributed by atoms with Crippen LogP contribution in [0, 0.1) is 5.82 Å². The molecule has 0 saturated heterocycles. The van der Waals surface area contributed by atoms with Crippen LogP contribution >= 0.6 is 11.3 Å². The van der Waals surface area contributed by atoms with E-state index in [9.17, 15) is 9.18 Å². The number of fused-ring (bicyclic) bond motifs is 3. The average Bonchev–Trinajstić information content (AvgIpc) is 3.29. The summed E-state index contributed by atoms with van der Waals surface area (Å²) in [5.74, 6) is 0.256. The number of para-hydroxylation sites is 2. The molecule has 0 saturated carbocycles. The van der Waals surface area contributed by atoms with Crippen molar-refractivity contribution < 1.29 is 13.9 Å². The van der Waals surface area contributed by atoms with E-state index in [4.69, 9.17) is 4.74 Å². The highest BCUT2D eigenvalue weighted by molar-refractivity contribution is 7.22. The lowest BCUT2D eigenvalue weighted by molar-refractivity contribution is -0.119. The first-order valence-corrected chi connectivity index (χ1v) is 11.6. The molecular formula is C27H18FN3O2S. The number of hydrogen-bond donors (Lipinski definition) is 0. The van der Waals surface area contributed by atoms with Crippen LogP contribution in [0.5, 0.6) is 11.5 Å². The Morgan fingerprint density at radius 2 is 1.65 bits per heavy atom. The number of carbonyl (C=O) groups is 1. The number of halogens is 1. The van der Waals surface area contributed by atoms with Gasteiger partial charge in [0.05, 0.1) is 28.4 Å². The molecule has 5 nitrogen and oxygen atoms in total. The van der Waals surface area contributed by atoms with Gasteiger partial charge < -0.3 is 4.74 Å². The molecule has 0 aliphatic carbocycles. The first kappa shape index (κ1) is 20.5. The minimum Gasteiger partial charge on any atom is -0.457 e. The van der Waals surface area contributed by atoms with Crippen LogP contribution in [0.4, 0.5) is 9.52 Å². The van der Waals surface area contributed by atoms with Crippen molar-refractivity contribution in [3.05, 3.63) is 114 Å². The fourth-order valence-corrected chi connectivity index (χ4v) is 5.22. The molecular weight excluding hydrogens is 449 g/mol. The van der Waals surface area contributed by atoms with Crippen molar-refractivity contribution in [2.75, 3.05) is 4.90 Å². The zero-order valence-electron chi connectivity index (χ0n) is 17.9. The smallest absolute Gasteiger partial charge is 0.241 e. The molecule has 6 rings (SSSR count). The maximum atomic E-state index is 14.3. The molecule has 34 heavy (non-hydrogen) atoms. The van der Waals surface area contributed by atoms with Gasteiger partial charge in [0, 0.05) is 17.3 Å². The van der Waals surface area contributed by atoms with Gasteiger partial charge in [-0.1, -0.05) is 53.8 Å². The van der Waals surface area contributed by atoms with E-state index in [0.717, 1.165) is 16.8 Å². The maximum absolute atomic E-state index is 14.3. The van der Waals surface area contributed by atoms with Crippen LogP contribution in [0.15, 0.2) is 91.1 Å². The number of carbonyl (C=O) groups excluding carboxylic acids is 1. The third-order valence-corrected chi connectivity index (χ3v) is 6.85. The van der Waals surface area contributed by atoms with Gasteiger partial charge in [0.25, 0.3) is 0 Å². The summed E-state index contributed by atoms with van der Waals surface area (Å²) >= 11 is 1.29. The molecule has 3 heterocycles. The molecule has 0 fully saturated rings. The van der Waals surface area contributed by atoms with E-state index in [1.165, 1.54) is 23.5 Å². The van der Waals surface area contributed by atoms with Crippen molar-refractivity contribution in [3.8, 4) is 11.5 Å². The van der Waals surface area contributed by atoms with Crippen LogP contribution in [-0.2, 0) is 11.3 Å².